The van der Waals surface area contributed by atoms with Crippen LogP contribution in [0, 0.1) is 0 Å². The lowest BCUT2D eigenvalue weighted by Crippen LogP contribution is -1.99. The van der Waals surface area contributed by atoms with Crippen LogP contribution in [0.3, 0.4) is 0 Å². The Morgan fingerprint density at radius 1 is 1.35 bits per heavy atom. The third-order valence-electron chi connectivity index (χ3n) is 3.13. The Kier molecular flexibility index (Phi) is 3.60. The van der Waals surface area contributed by atoms with Crippen LogP contribution in [-0.2, 0) is 6.54 Å². The zero-order valence-electron chi connectivity index (χ0n) is 11.0. The highest BCUT2D eigenvalue weighted by Gasteiger charge is 2.04. The van der Waals surface area contributed by atoms with Gasteiger partial charge in [-0.15, -0.1) is 0 Å². The van der Waals surface area contributed by atoms with E-state index in [1.807, 2.05) is 30.5 Å². The molecule has 5 heteroatoms. The van der Waals surface area contributed by atoms with Crippen molar-refractivity contribution in [3.63, 3.8) is 0 Å². The summed E-state index contributed by atoms with van der Waals surface area (Å²) < 4.78 is 6.24. The van der Waals surface area contributed by atoms with Crippen LogP contribution in [0.5, 0.6) is 5.75 Å². The van der Waals surface area contributed by atoms with Crippen molar-refractivity contribution in [1.82, 2.24) is 9.97 Å². The van der Waals surface area contributed by atoms with Crippen LogP contribution >= 0.6 is 15.9 Å². The number of benzene rings is 1. The molecule has 0 fully saturated rings. The number of nitrogens with zero attached hydrogens (tertiary/aromatic N) is 1. The molecule has 3 rings (SSSR count). The number of hydrogen-bond donors (Lipinski definition) is 2. The highest BCUT2D eigenvalue weighted by molar-refractivity contribution is 9.10. The van der Waals surface area contributed by atoms with Gasteiger partial charge in [0.1, 0.15) is 11.4 Å². The average molecular weight is 332 g/mol. The quantitative estimate of drug-likeness (QED) is 0.761. The van der Waals surface area contributed by atoms with E-state index in [-0.39, 0.29) is 0 Å². The summed E-state index contributed by atoms with van der Waals surface area (Å²) in [5.74, 6) is 0.822. The number of hydrogen-bond acceptors (Lipinski definition) is 3. The van der Waals surface area contributed by atoms with E-state index in [4.69, 9.17) is 4.74 Å². The Labute approximate surface area is 125 Å². The molecule has 2 aromatic heterocycles. The van der Waals surface area contributed by atoms with Crippen molar-refractivity contribution in [3.05, 3.63) is 52.8 Å². The Hall–Kier alpha value is -2.01. The predicted octanol–water partition coefficient (Wildman–Crippen LogP) is 3.95. The van der Waals surface area contributed by atoms with Crippen molar-refractivity contribution in [3.8, 4) is 5.75 Å². The summed E-state index contributed by atoms with van der Waals surface area (Å²) >= 11 is 3.48. The SMILES string of the molecule is COc1cc(Br)cc(NCc2c[nH]c3ncccc23)c1. The van der Waals surface area contributed by atoms with Crippen LogP contribution in [0.4, 0.5) is 5.69 Å². The van der Waals surface area contributed by atoms with Crippen molar-refractivity contribution in [2.24, 2.45) is 0 Å². The van der Waals surface area contributed by atoms with E-state index in [0.29, 0.717) is 0 Å². The molecule has 3 aromatic rings. The minimum absolute atomic E-state index is 0.727. The molecule has 4 nitrogen and oxygen atoms in total. The monoisotopic (exact) mass is 331 g/mol. The first-order valence-corrected chi connectivity index (χ1v) is 7.05. The van der Waals surface area contributed by atoms with E-state index in [1.54, 1.807) is 13.3 Å². The number of H-pyrrole nitrogens is 1. The second-order valence-electron chi connectivity index (χ2n) is 4.45. The highest BCUT2D eigenvalue weighted by Crippen LogP contribution is 2.25. The molecule has 0 amide bonds. The molecule has 0 saturated heterocycles. The Morgan fingerprint density at radius 2 is 2.25 bits per heavy atom. The molecule has 0 unspecified atom stereocenters. The fourth-order valence-corrected chi connectivity index (χ4v) is 2.61. The summed E-state index contributed by atoms with van der Waals surface area (Å²) in [7, 11) is 1.66. The van der Waals surface area contributed by atoms with Crippen LogP contribution in [0.15, 0.2) is 47.2 Å². The topological polar surface area (TPSA) is 49.9 Å². The van der Waals surface area contributed by atoms with Crippen LogP contribution in [0.1, 0.15) is 5.56 Å². The number of aromatic amines is 1. The molecule has 0 bridgehead atoms. The van der Waals surface area contributed by atoms with Crippen LogP contribution < -0.4 is 10.1 Å². The Balaban J connectivity index is 1.81. The first kappa shape index (κ1) is 13.0. The predicted molar refractivity (Wildman–Crippen MR) is 84.1 cm³/mol. The van der Waals surface area contributed by atoms with E-state index >= 15 is 0 Å². The lowest BCUT2D eigenvalue weighted by molar-refractivity contribution is 0.414. The summed E-state index contributed by atoms with van der Waals surface area (Å²) in [4.78, 5) is 7.46. The van der Waals surface area contributed by atoms with Crippen molar-refractivity contribution >= 4 is 32.7 Å². The first-order chi connectivity index (χ1) is 9.76. The van der Waals surface area contributed by atoms with Crippen molar-refractivity contribution < 1.29 is 4.74 Å². The van der Waals surface area contributed by atoms with Gasteiger partial charge in [0, 0.05) is 40.6 Å². The van der Waals surface area contributed by atoms with Gasteiger partial charge in [-0.2, -0.15) is 0 Å². The van der Waals surface area contributed by atoms with E-state index in [0.717, 1.165) is 33.5 Å². The fraction of sp³-hybridized carbons (Fsp3) is 0.133. The summed E-state index contributed by atoms with van der Waals surface area (Å²) in [5.41, 5.74) is 3.11. The molecule has 102 valence electrons. The molecule has 0 atom stereocenters. The third-order valence-corrected chi connectivity index (χ3v) is 3.58. The van der Waals surface area contributed by atoms with Crippen LogP contribution in [0.2, 0.25) is 0 Å². The van der Waals surface area contributed by atoms with Gasteiger partial charge in [-0.25, -0.2) is 4.98 Å². The van der Waals surface area contributed by atoms with Crippen molar-refractivity contribution in [2.75, 3.05) is 12.4 Å². The standard InChI is InChI=1S/C15H14BrN3O/c1-20-13-6-11(16)5-12(7-13)18-8-10-9-19-15-14(10)3-2-4-17-15/h2-7,9,18H,8H2,1H3,(H,17,19). The maximum absolute atomic E-state index is 5.26. The van der Waals surface area contributed by atoms with Gasteiger partial charge in [-0.3, -0.25) is 0 Å². The van der Waals surface area contributed by atoms with Gasteiger partial charge in [-0.05, 0) is 29.8 Å². The molecule has 0 radical (unpaired) electrons. The number of anilines is 1. The summed E-state index contributed by atoms with van der Waals surface area (Å²) in [6.45, 7) is 0.727. The van der Waals surface area contributed by atoms with Crippen LogP contribution in [-0.4, -0.2) is 17.1 Å². The largest absolute Gasteiger partial charge is 0.497 e. The van der Waals surface area contributed by atoms with Crippen LogP contribution in [0.25, 0.3) is 11.0 Å². The zero-order valence-corrected chi connectivity index (χ0v) is 12.6. The molecule has 20 heavy (non-hydrogen) atoms. The number of methoxy groups -OCH3 is 1. The van der Waals surface area contributed by atoms with Gasteiger partial charge in [-0.1, -0.05) is 15.9 Å². The molecule has 0 aliphatic rings. The number of halogens is 1. The fourth-order valence-electron chi connectivity index (χ4n) is 2.14. The average Bonchev–Trinajstić information content (AvgIpc) is 2.88. The smallest absolute Gasteiger partial charge is 0.137 e. The summed E-state index contributed by atoms with van der Waals surface area (Å²) in [5, 5.41) is 4.54. The molecule has 1 aromatic carbocycles. The molecular weight excluding hydrogens is 318 g/mol. The second kappa shape index (κ2) is 5.54. The van der Waals surface area contributed by atoms with Gasteiger partial charge in [0.25, 0.3) is 0 Å². The van der Waals surface area contributed by atoms with Crippen molar-refractivity contribution in [1.29, 1.82) is 0 Å². The molecule has 2 heterocycles. The summed E-state index contributed by atoms with van der Waals surface area (Å²) in [6, 6.07) is 9.94. The van der Waals surface area contributed by atoms with Gasteiger partial charge >= 0.3 is 0 Å². The number of nitrogens with one attached hydrogen (secondary N) is 2. The minimum atomic E-state index is 0.727. The first-order valence-electron chi connectivity index (χ1n) is 6.26. The van der Waals surface area contributed by atoms with Crippen molar-refractivity contribution in [2.45, 2.75) is 6.54 Å². The maximum atomic E-state index is 5.26. The Morgan fingerprint density at radius 3 is 3.10 bits per heavy atom. The lowest BCUT2D eigenvalue weighted by atomic mass is 10.2. The normalized spacial score (nSPS) is 10.7. The van der Waals surface area contributed by atoms with Gasteiger partial charge in [0.05, 0.1) is 7.11 Å². The number of fused-ring (bicyclic) bond motifs is 1. The number of ether oxygens (including phenoxy) is 1. The van der Waals surface area contributed by atoms with E-state index in [9.17, 15) is 0 Å². The van der Waals surface area contributed by atoms with Gasteiger partial charge in [0.15, 0.2) is 0 Å². The molecule has 0 aliphatic carbocycles. The number of aromatic nitrogens is 2. The number of pyridine rings is 1. The summed E-state index contributed by atoms with van der Waals surface area (Å²) in [6.07, 6.45) is 3.77. The lowest BCUT2D eigenvalue weighted by Gasteiger charge is -2.08. The third kappa shape index (κ3) is 2.63. The number of rotatable bonds is 4. The molecule has 0 aliphatic heterocycles. The van der Waals surface area contributed by atoms with Gasteiger partial charge < -0.3 is 15.0 Å². The molecular formula is C15H14BrN3O. The molecule has 0 saturated carbocycles. The van der Waals surface area contributed by atoms with E-state index in [1.165, 1.54) is 5.56 Å². The van der Waals surface area contributed by atoms with E-state index in [2.05, 4.69) is 37.3 Å². The van der Waals surface area contributed by atoms with Gasteiger partial charge in [0.2, 0.25) is 0 Å². The second-order valence-corrected chi connectivity index (χ2v) is 5.36. The molecule has 0 spiro atoms. The molecule has 2 N–H and O–H groups in total. The highest BCUT2D eigenvalue weighted by atomic mass is 79.9. The minimum Gasteiger partial charge on any atom is -0.497 e. The zero-order chi connectivity index (χ0) is 13.9. The van der Waals surface area contributed by atoms with E-state index < -0.39 is 0 Å². The maximum Gasteiger partial charge on any atom is 0.137 e. The Bertz CT molecular complexity index is 739.